The van der Waals surface area contributed by atoms with E-state index in [0.29, 0.717) is 10.2 Å². The van der Waals surface area contributed by atoms with Crippen LogP contribution in [0.25, 0.3) is 0 Å². The number of para-hydroxylation sites is 1. The summed E-state index contributed by atoms with van der Waals surface area (Å²) in [5, 5.41) is 8.89. The van der Waals surface area contributed by atoms with Crippen molar-refractivity contribution in [3.63, 3.8) is 0 Å². The van der Waals surface area contributed by atoms with Gasteiger partial charge in [0.25, 0.3) is 5.91 Å². The molecule has 2 rings (SSSR count). The number of hydrogen-bond acceptors (Lipinski definition) is 3. The second-order valence-corrected chi connectivity index (χ2v) is 5.38. The molecule has 6 heteroatoms. The highest BCUT2D eigenvalue weighted by atomic mass is 79.9. The minimum atomic E-state index is -1.02. The van der Waals surface area contributed by atoms with Crippen LogP contribution in [-0.2, 0) is 4.79 Å². The van der Waals surface area contributed by atoms with E-state index in [0.717, 1.165) is 5.69 Å². The zero-order chi connectivity index (χ0) is 16.1. The number of nitrogens with zero attached hydrogens (tertiary/aromatic N) is 1. The first-order valence-corrected chi connectivity index (χ1v) is 7.25. The van der Waals surface area contributed by atoms with E-state index in [9.17, 15) is 9.59 Å². The van der Waals surface area contributed by atoms with Crippen LogP contribution in [0.3, 0.4) is 0 Å². The molecule has 0 heterocycles. The van der Waals surface area contributed by atoms with Crippen LogP contribution in [0.4, 0.5) is 5.69 Å². The van der Waals surface area contributed by atoms with Gasteiger partial charge in [0.15, 0.2) is 6.61 Å². The van der Waals surface area contributed by atoms with Crippen molar-refractivity contribution in [1.82, 2.24) is 0 Å². The predicted molar refractivity (Wildman–Crippen MR) is 86.4 cm³/mol. The van der Waals surface area contributed by atoms with Crippen molar-refractivity contribution in [3.8, 4) is 5.75 Å². The van der Waals surface area contributed by atoms with Gasteiger partial charge in [-0.15, -0.1) is 0 Å². The van der Waals surface area contributed by atoms with E-state index in [1.807, 2.05) is 30.3 Å². The summed E-state index contributed by atoms with van der Waals surface area (Å²) in [6.45, 7) is -0.142. The van der Waals surface area contributed by atoms with Gasteiger partial charge in [-0.3, -0.25) is 4.79 Å². The molecule has 2 aromatic rings. The van der Waals surface area contributed by atoms with Gasteiger partial charge in [0.05, 0.1) is 10.0 Å². The fraction of sp³-hybridized carbons (Fsp3) is 0.125. The van der Waals surface area contributed by atoms with Crippen LogP contribution in [0.2, 0.25) is 0 Å². The third-order valence-corrected chi connectivity index (χ3v) is 3.67. The van der Waals surface area contributed by atoms with Crippen molar-refractivity contribution in [2.24, 2.45) is 0 Å². The Balaban J connectivity index is 2.01. The highest BCUT2D eigenvalue weighted by Gasteiger charge is 2.13. The number of amides is 1. The second-order valence-electron chi connectivity index (χ2n) is 4.53. The van der Waals surface area contributed by atoms with Gasteiger partial charge in [-0.2, -0.15) is 0 Å². The fourth-order valence-electron chi connectivity index (χ4n) is 1.78. The number of halogens is 1. The minimum Gasteiger partial charge on any atom is -0.483 e. The first-order valence-electron chi connectivity index (χ1n) is 6.46. The number of ether oxygens (including phenoxy) is 1. The van der Waals surface area contributed by atoms with Crippen LogP contribution in [0.5, 0.6) is 5.75 Å². The number of carboxylic acid groups (broad SMARTS) is 1. The zero-order valence-corrected chi connectivity index (χ0v) is 13.4. The average Bonchev–Trinajstić information content (AvgIpc) is 2.53. The molecule has 0 saturated heterocycles. The molecule has 0 fully saturated rings. The summed E-state index contributed by atoms with van der Waals surface area (Å²) in [6.07, 6.45) is 0. The van der Waals surface area contributed by atoms with Gasteiger partial charge in [0.2, 0.25) is 0 Å². The van der Waals surface area contributed by atoms with E-state index in [1.54, 1.807) is 7.05 Å². The molecule has 0 aromatic heterocycles. The lowest BCUT2D eigenvalue weighted by Gasteiger charge is -2.17. The van der Waals surface area contributed by atoms with Crippen molar-refractivity contribution in [2.45, 2.75) is 0 Å². The summed E-state index contributed by atoms with van der Waals surface area (Å²) < 4.78 is 5.93. The lowest BCUT2D eigenvalue weighted by Crippen LogP contribution is -2.31. The van der Waals surface area contributed by atoms with E-state index in [1.165, 1.54) is 23.1 Å². The lowest BCUT2D eigenvalue weighted by atomic mass is 10.2. The van der Waals surface area contributed by atoms with Crippen molar-refractivity contribution < 1.29 is 19.4 Å². The number of carbonyl (C=O) groups excluding carboxylic acids is 1. The van der Waals surface area contributed by atoms with E-state index in [-0.39, 0.29) is 18.1 Å². The van der Waals surface area contributed by atoms with Gasteiger partial charge in [0, 0.05) is 12.7 Å². The maximum Gasteiger partial charge on any atom is 0.335 e. The van der Waals surface area contributed by atoms with Gasteiger partial charge < -0.3 is 14.7 Å². The first-order chi connectivity index (χ1) is 10.5. The normalized spacial score (nSPS) is 10.1. The standard InChI is InChI=1S/C16H14BrNO4/c1-18(12-5-3-2-4-6-12)15(19)10-22-14-8-7-11(16(20)21)9-13(14)17/h2-9H,10H2,1H3,(H,20,21). The van der Waals surface area contributed by atoms with E-state index in [4.69, 9.17) is 9.84 Å². The Kier molecular flexibility index (Phi) is 5.16. The number of aromatic carboxylic acids is 1. The predicted octanol–water partition coefficient (Wildman–Crippen LogP) is 3.19. The quantitative estimate of drug-likeness (QED) is 0.885. The monoisotopic (exact) mass is 363 g/mol. The van der Waals surface area contributed by atoms with Gasteiger partial charge in [-0.1, -0.05) is 18.2 Å². The molecule has 114 valence electrons. The molecule has 0 atom stereocenters. The topological polar surface area (TPSA) is 66.8 Å². The molecule has 0 aliphatic carbocycles. The number of benzene rings is 2. The summed E-state index contributed by atoms with van der Waals surface area (Å²) in [5.41, 5.74) is 0.920. The molecule has 0 spiro atoms. The molecule has 2 aromatic carbocycles. The summed E-state index contributed by atoms with van der Waals surface area (Å²) in [6, 6.07) is 13.6. The largest absolute Gasteiger partial charge is 0.483 e. The van der Waals surface area contributed by atoms with Crippen LogP contribution >= 0.6 is 15.9 Å². The third kappa shape index (κ3) is 3.85. The molecule has 0 aliphatic heterocycles. The van der Waals surface area contributed by atoms with E-state index < -0.39 is 5.97 Å². The van der Waals surface area contributed by atoms with Crippen molar-refractivity contribution in [1.29, 1.82) is 0 Å². The minimum absolute atomic E-state index is 0.142. The van der Waals surface area contributed by atoms with Crippen LogP contribution < -0.4 is 9.64 Å². The second kappa shape index (κ2) is 7.09. The Morgan fingerprint density at radius 2 is 1.86 bits per heavy atom. The van der Waals surface area contributed by atoms with E-state index in [2.05, 4.69) is 15.9 Å². The Hall–Kier alpha value is -2.34. The molecular weight excluding hydrogens is 350 g/mol. The van der Waals surface area contributed by atoms with Gasteiger partial charge in [-0.25, -0.2) is 4.79 Å². The SMILES string of the molecule is CN(C(=O)COc1ccc(C(=O)O)cc1Br)c1ccccc1. The van der Waals surface area contributed by atoms with Gasteiger partial charge in [-0.05, 0) is 46.3 Å². The molecule has 1 N–H and O–H groups in total. The first kappa shape index (κ1) is 16.0. The molecule has 1 amide bonds. The Bertz CT molecular complexity index is 688. The smallest absolute Gasteiger partial charge is 0.335 e. The third-order valence-electron chi connectivity index (χ3n) is 3.05. The average molecular weight is 364 g/mol. The maximum absolute atomic E-state index is 12.1. The molecule has 5 nitrogen and oxygen atoms in total. The summed E-state index contributed by atoms with van der Waals surface area (Å²) in [7, 11) is 1.67. The Morgan fingerprint density at radius 3 is 2.45 bits per heavy atom. The van der Waals surface area contributed by atoms with Crippen molar-refractivity contribution in [3.05, 3.63) is 58.6 Å². The number of rotatable bonds is 5. The van der Waals surface area contributed by atoms with Crippen LogP contribution in [0, 0.1) is 0 Å². The van der Waals surface area contributed by atoms with Gasteiger partial charge >= 0.3 is 5.97 Å². The maximum atomic E-state index is 12.1. The highest BCUT2D eigenvalue weighted by molar-refractivity contribution is 9.10. The van der Waals surface area contributed by atoms with E-state index >= 15 is 0 Å². The zero-order valence-electron chi connectivity index (χ0n) is 11.8. The van der Waals surface area contributed by atoms with Crippen LogP contribution in [-0.4, -0.2) is 30.6 Å². The van der Waals surface area contributed by atoms with Crippen LogP contribution in [0.15, 0.2) is 53.0 Å². The Labute approximate surface area is 136 Å². The summed E-state index contributed by atoms with van der Waals surface area (Å²) >= 11 is 3.23. The number of anilines is 1. The lowest BCUT2D eigenvalue weighted by molar-refractivity contribution is -0.120. The molecule has 0 aliphatic rings. The molecule has 22 heavy (non-hydrogen) atoms. The summed E-state index contributed by atoms with van der Waals surface area (Å²) in [5.74, 6) is -0.813. The number of carbonyl (C=O) groups is 2. The Morgan fingerprint density at radius 1 is 1.18 bits per heavy atom. The molecule has 0 unspecified atom stereocenters. The molecule has 0 radical (unpaired) electrons. The van der Waals surface area contributed by atoms with Gasteiger partial charge in [0.1, 0.15) is 5.75 Å². The van der Waals surface area contributed by atoms with Crippen LogP contribution in [0.1, 0.15) is 10.4 Å². The molecular formula is C16H14BrNO4. The van der Waals surface area contributed by atoms with Crippen molar-refractivity contribution in [2.75, 3.05) is 18.6 Å². The molecule has 0 saturated carbocycles. The van der Waals surface area contributed by atoms with Crippen molar-refractivity contribution >= 4 is 33.5 Å². The molecule has 0 bridgehead atoms. The fourth-order valence-corrected chi connectivity index (χ4v) is 2.28. The number of hydrogen-bond donors (Lipinski definition) is 1. The summed E-state index contributed by atoms with van der Waals surface area (Å²) in [4.78, 5) is 24.4. The number of likely N-dealkylation sites (N-methyl/N-ethyl adjacent to an activating group) is 1. The number of carboxylic acids is 1. The highest BCUT2D eigenvalue weighted by Crippen LogP contribution is 2.26.